The molecule has 0 radical (unpaired) electrons. The van der Waals surface area contributed by atoms with Gasteiger partial charge in [-0.1, -0.05) is 37.8 Å². The molecule has 0 aliphatic heterocycles. The highest BCUT2D eigenvalue weighted by molar-refractivity contribution is 6.33. The van der Waals surface area contributed by atoms with Crippen molar-refractivity contribution in [3.63, 3.8) is 0 Å². The van der Waals surface area contributed by atoms with Crippen molar-refractivity contribution < 1.29 is 14.8 Å². The van der Waals surface area contributed by atoms with Crippen LogP contribution in [0.15, 0.2) is 46.6 Å². The van der Waals surface area contributed by atoms with Crippen LogP contribution in [-0.4, -0.2) is 29.1 Å². The van der Waals surface area contributed by atoms with E-state index in [1.165, 1.54) is 18.2 Å². The van der Waals surface area contributed by atoms with Crippen LogP contribution in [0.3, 0.4) is 0 Å². The van der Waals surface area contributed by atoms with Crippen LogP contribution in [0.5, 0.6) is 0 Å². The number of carboxylic acid groups (broad SMARTS) is 1. The number of halogens is 1. The highest BCUT2D eigenvalue weighted by Gasteiger charge is 2.11. The molecule has 0 atom stereocenters. The van der Waals surface area contributed by atoms with Crippen molar-refractivity contribution in [3.8, 4) is 0 Å². The van der Waals surface area contributed by atoms with Gasteiger partial charge in [0.15, 0.2) is 0 Å². The SMILES string of the molecule is CCCCCCN(CCC(=O)O)c1ccc(/N=N\c2ccc([N+](=O)[O-])cc2Cl)c(C)c1. The molecule has 0 amide bonds. The van der Waals surface area contributed by atoms with Gasteiger partial charge in [-0.05, 0) is 43.2 Å². The van der Waals surface area contributed by atoms with E-state index < -0.39 is 10.9 Å². The monoisotopic (exact) mass is 446 g/mol. The second-order valence-electron chi connectivity index (χ2n) is 7.26. The summed E-state index contributed by atoms with van der Waals surface area (Å²) in [5.74, 6) is -0.819. The number of hydrogen-bond acceptors (Lipinski definition) is 6. The summed E-state index contributed by atoms with van der Waals surface area (Å²) < 4.78 is 0. The number of aryl methyl sites for hydroxylation is 1. The van der Waals surface area contributed by atoms with Crippen molar-refractivity contribution in [2.45, 2.75) is 46.0 Å². The van der Waals surface area contributed by atoms with Gasteiger partial charge in [0.2, 0.25) is 0 Å². The Balaban J connectivity index is 2.16. The number of nitro benzene ring substituents is 1. The second kappa shape index (κ2) is 12.0. The highest BCUT2D eigenvalue weighted by Crippen LogP contribution is 2.32. The summed E-state index contributed by atoms with van der Waals surface area (Å²) in [5, 5.41) is 28.4. The number of unbranched alkanes of at least 4 members (excludes halogenated alkanes) is 3. The van der Waals surface area contributed by atoms with Gasteiger partial charge in [-0.3, -0.25) is 14.9 Å². The number of carbonyl (C=O) groups is 1. The maximum Gasteiger partial charge on any atom is 0.305 e. The second-order valence-corrected chi connectivity index (χ2v) is 7.66. The normalized spacial score (nSPS) is 11.1. The number of anilines is 1. The predicted molar refractivity (Wildman–Crippen MR) is 122 cm³/mol. The summed E-state index contributed by atoms with van der Waals surface area (Å²) in [6.45, 7) is 5.30. The van der Waals surface area contributed by atoms with Crippen molar-refractivity contribution in [2.24, 2.45) is 10.2 Å². The molecular formula is C22H27ClN4O4. The number of azo groups is 1. The van der Waals surface area contributed by atoms with Gasteiger partial charge in [0.25, 0.3) is 5.69 Å². The molecule has 1 N–H and O–H groups in total. The summed E-state index contributed by atoms with van der Waals surface area (Å²) in [6.07, 6.45) is 4.50. The van der Waals surface area contributed by atoms with Gasteiger partial charge >= 0.3 is 5.97 Å². The third-order valence-electron chi connectivity index (χ3n) is 4.83. The molecule has 0 spiro atoms. The van der Waals surface area contributed by atoms with Crippen LogP contribution in [0.1, 0.15) is 44.6 Å². The molecule has 0 fully saturated rings. The average molecular weight is 447 g/mol. The van der Waals surface area contributed by atoms with Crippen LogP contribution in [0.25, 0.3) is 0 Å². The summed E-state index contributed by atoms with van der Waals surface area (Å²) in [4.78, 5) is 23.4. The lowest BCUT2D eigenvalue weighted by Crippen LogP contribution is -2.27. The maximum atomic E-state index is 11.0. The van der Waals surface area contributed by atoms with Gasteiger partial charge in [0, 0.05) is 30.9 Å². The van der Waals surface area contributed by atoms with Crippen molar-refractivity contribution in [2.75, 3.05) is 18.0 Å². The van der Waals surface area contributed by atoms with Gasteiger partial charge in [-0.15, -0.1) is 5.11 Å². The topological polar surface area (TPSA) is 108 Å². The third kappa shape index (κ3) is 7.64. The lowest BCUT2D eigenvalue weighted by Gasteiger charge is -2.25. The molecule has 0 saturated heterocycles. The lowest BCUT2D eigenvalue weighted by molar-refractivity contribution is -0.384. The van der Waals surface area contributed by atoms with Crippen molar-refractivity contribution >= 4 is 40.3 Å². The van der Waals surface area contributed by atoms with Crippen molar-refractivity contribution in [1.29, 1.82) is 0 Å². The molecule has 2 aromatic rings. The predicted octanol–water partition coefficient (Wildman–Crippen LogP) is 6.83. The Kier molecular flexibility index (Phi) is 9.40. The minimum absolute atomic E-state index is 0.0763. The highest BCUT2D eigenvalue weighted by atomic mass is 35.5. The number of carboxylic acids is 1. The molecule has 0 aliphatic rings. The zero-order valence-corrected chi connectivity index (χ0v) is 18.5. The van der Waals surface area contributed by atoms with E-state index in [1.807, 2.05) is 25.1 Å². The van der Waals surface area contributed by atoms with E-state index in [0.717, 1.165) is 43.5 Å². The summed E-state index contributed by atoms with van der Waals surface area (Å²) >= 11 is 6.06. The Bertz CT molecular complexity index is 949. The van der Waals surface area contributed by atoms with E-state index in [0.29, 0.717) is 17.9 Å². The first kappa shape index (κ1) is 24.3. The fourth-order valence-corrected chi connectivity index (χ4v) is 3.29. The Morgan fingerprint density at radius 1 is 1.10 bits per heavy atom. The minimum atomic E-state index is -0.819. The lowest BCUT2D eigenvalue weighted by atomic mass is 10.1. The van der Waals surface area contributed by atoms with Crippen LogP contribution in [-0.2, 0) is 4.79 Å². The number of nitro groups is 1. The molecule has 0 bridgehead atoms. The van der Waals surface area contributed by atoms with Crippen LogP contribution in [0, 0.1) is 17.0 Å². The van der Waals surface area contributed by atoms with Gasteiger partial charge in [-0.25, -0.2) is 0 Å². The van der Waals surface area contributed by atoms with Gasteiger partial charge in [0.1, 0.15) is 5.69 Å². The van der Waals surface area contributed by atoms with Crippen molar-refractivity contribution in [1.82, 2.24) is 0 Å². The number of non-ortho nitro benzene ring substituents is 1. The molecule has 0 aromatic heterocycles. The van der Waals surface area contributed by atoms with E-state index in [9.17, 15) is 14.9 Å². The summed E-state index contributed by atoms with van der Waals surface area (Å²) in [5.41, 5.74) is 2.71. The number of nitrogens with zero attached hydrogens (tertiary/aromatic N) is 4. The first-order valence-corrected chi connectivity index (χ1v) is 10.6. The van der Waals surface area contributed by atoms with Crippen LogP contribution in [0.2, 0.25) is 5.02 Å². The smallest absolute Gasteiger partial charge is 0.305 e. The quantitative estimate of drug-likeness (QED) is 0.166. The average Bonchev–Trinajstić information content (AvgIpc) is 2.72. The molecule has 2 aromatic carbocycles. The fraction of sp³-hybridized carbons (Fsp3) is 0.409. The molecule has 8 nitrogen and oxygen atoms in total. The first-order chi connectivity index (χ1) is 14.8. The molecule has 0 aliphatic carbocycles. The molecule has 31 heavy (non-hydrogen) atoms. The van der Waals surface area contributed by atoms with E-state index in [4.69, 9.17) is 16.7 Å². The van der Waals surface area contributed by atoms with E-state index in [2.05, 4.69) is 22.1 Å². The zero-order chi connectivity index (χ0) is 22.8. The summed E-state index contributed by atoms with van der Waals surface area (Å²) in [6, 6.07) is 9.72. The molecule has 9 heteroatoms. The van der Waals surface area contributed by atoms with Crippen LogP contribution in [0.4, 0.5) is 22.7 Å². The van der Waals surface area contributed by atoms with Gasteiger partial charge in [-0.2, -0.15) is 5.11 Å². The maximum absolute atomic E-state index is 11.0. The number of rotatable bonds is 12. The minimum Gasteiger partial charge on any atom is -0.481 e. The van der Waals surface area contributed by atoms with E-state index >= 15 is 0 Å². The van der Waals surface area contributed by atoms with Crippen molar-refractivity contribution in [3.05, 3.63) is 57.1 Å². The zero-order valence-electron chi connectivity index (χ0n) is 17.8. The molecular weight excluding hydrogens is 420 g/mol. The first-order valence-electron chi connectivity index (χ1n) is 10.2. The van der Waals surface area contributed by atoms with E-state index in [-0.39, 0.29) is 17.1 Å². The van der Waals surface area contributed by atoms with E-state index in [1.54, 1.807) is 0 Å². The molecule has 0 saturated carbocycles. The standard InChI is InChI=1S/C22H27ClN4O4/c1-3-4-5-6-12-26(13-11-22(28)29)17-7-9-20(16(2)14-17)24-25-21-10-8-18(27(30)31)15-19(21)23/h7-10,14-15H,3-6,11-13H2,1-2H3,(H,28,29)/b25-24-. The Morgan fingerprint density at radius 2 is 1.81 bits per heavy atom. The molecule has 166 valence electrons. The third-order valence-corrected chi connectivity index (χ3v) is 5.13. The molecule has 2 rings (SSSR count). The Labute approximate surface area is 186 Å². The Morgan fingerprint density at radius 3 is 2.42 bits per heavy atom. The molecule has 0 heterocycles. The van der Waals surface area contributed by atoms with Crippen LogP contribution < -0.4 is 4.90 Å². The number of aliphatic carboxylic acids is 1. The largest absolute Gasteiger partial charge is 0.481 e. The number of hydrogen-bond donors (Lipinski definition) is 1. The fourth-order valence-electron chi connectivity index (χ4n) is 3.08. The van der Waals surface area contributed by atoms with Crippen LogP contribution >= 0.6 is 11.6 Å². The van der Waals surface area contributed by atoms with Gasteiger partial charge in [0.05, 0.1) is 22.1 Å². The molecule has 0 unspecified atom stereocenters. The Hall–Kier alpha value is -3.00. The van der Waals surface area contributed by atoms with Gasteiger partial charge < -0.3 is 10.0 Å². The number of benzene rings is 2. The summed E-state index contributed by atoms with van der Waals surface area (Å²) in [7, 11) is 0.